The van der Waals surface area contributed by atoms with Gasteiger partial charge in [-0.05, 0) is 69.0 Å². The van der Waals surface area contributed by atoms with Crippen molar-refractivity contribution in [3.8, 4) is 5.75 Å². The van der Waals surface area contributed by atoms with Crippen molar-refractivity contribution in [3.63, 3.8) is 0 Å². The molecule has 36 heavy (non-hydrogen) atoms. The van der Waals surface area contributed by atoms with E-state index < -0.39 is 64.4 Å². The van der Waals surface area contributed by atoms with Crippen LogP contribution in [-0.2, 0) is 25.6 Å². The molecule has 9 heteroatoms. The highest BCUT2D eigenvalue weighted by Gasteiger charge is 2.69. The number of hydrogen-bond acceptors (Lipinski definition) is 8. The smallest absolute Gasteiger partial charge is 0.235 e. The van der Waals surface area contributed by atoms with Crippen LogP contribution in [0.4, 0.5) is 0 Å². The van der Waals surface area contributed by atoms with Gasteiger partial charge in [-0.1, -0.05) is 23.8 Å². The summed E-state index contributed by atoms with van der Waals surface area (Å²) in [4.78, 5) is 67.5. The Morgan fingerprint density at radius 2 is 1.81 bits per heavy atom. The topological polar surface area (TPSA) is 155 Å². The Labute approximate surface area is 207 Å². The predicted molar refractivity (Wildman–Crippen MR) is 128 cm³/mol. The molecule has 2 saturated carbocycles. The van der Waals surface area contributed by atoms with Gasteiger partial charge < -0.3 is 15.9 Å². The summed E-state index contributed by atoms with van der Waals surface area (Å²) in [5.74, 6) is -10.3. The highest BCUT2D eigenvalue weighted by molar-refractivity contribution is 6.32. The van der Waals surface area contributed by atoms with Crippen LogP contribution in [0.15, 0.2) is 29.9 Å². The molecule has 1 aromatic carbocycles. The lowest BCUT2D eigenvalue weighted by Crippen LogP contribution is -2.74. The number of fused-ring (bicyclic) bond motifs is 3. The van der Waals surface area contributed by atoms with Crippen molar-refractivity contribution < 1.29 is 34.2 Å². The standard InChI is InChI=1S/C27H28N2O7/c1-11-4-5-12(8-11)14-6-7-17(30)19-15(14)9-13-10-16-21(29(2)3)23(32)20(26(28)35)25(34)27(16,36)24(33)18(13)22(19)31/h4-7,13,16,18,20-21,30,36H,8-10H2,1-3H3,(H2,28,35)/t13-,16-,18?,20?,21-,27-/m0/s1. The molecule has 0 radical (unpaired) electrons. The number of likely N-dealkylation sites (N-methyl/N-ethyl adjacent to an activating group) is 1. The van der Waals surface area contributed by atoms with Crippen LogP contribution in [0, 0.1) is 23.7 Å². The van der Waals surface area contributed by atoms with E-state index in [2.05, 4.69) is 0 Å². The number of ketones is 4. The summed E-state index contributed by atoms with van der Waals surface area (Å²) in [5.41, 5.74) is 6.22. The van der Waals surface area contributed by atoms with Crippen molar-refractivity contribution in [1.82, 2.24) is 4.90 Å². The molecule has 5 rings (SSSR count). The number of primary amides is 1. The monoisotopic (exact) mass is 492 g/mol. The lowest BCUT2D eigenvalue weighted by atomic mass is 9.52. The molecule has 0 aliphatic heterocycles. The summed E-state index contributed by atoms with van der Waals surface area (Å²) >= 11 is 0. The first-order valence-corrected chi connectivity index (χ1v) is 12.0. The van der Waals surface area contributed by atoms with E-state index >= 15 is 0 Å². The van der Waals surface area contributed by atoms with Gasteiger partial charge >= 0.3 is 0 Å². The number of carbonyl (C=O) groups excluding carboxylic acids is 5. The van der Waals surface area contributed by atoms with Gasteiger partial charge in [-0.25, -0.2) is 0 Å². The van der Waals surface area contributed by atoms with Gasteiger partial charge in [0.25, 0.3) is 0 Å². The second-order valence-electron chi connectivity index (χ2n) is 10.7. The quantitative estimate of drug-likeness (QED) is 0.518. The Bertz CT molecular complexity index is 1320. The van der Waals surface area contributed by atoms with Crippen LogP contribution in [0.25, 0.3) is 5.57 Å². The van der Waals surface area contributed by atoms with Gasteiger partial charge in [0.2, 0.25) is 5.91 Å². The molecule has 2 unspecified atom stereocenters. The van der Waals surface area contributed by atoms with Gasteiger partial charge in [-0.15, -0.1) is 0 Å². The minimum absolute atomic E-state index is 0.0181. The van der Waals surface area contributed by atoms with Crippen molar-refractivity contribution in [3.05, 3.63) is 46.5 Å². The number of Topliss-reactive ketones (excluding diaryl/α,β-unsaturated/α-hetero) is 4. The van der Waals surface area contributed by atoms with Crippen molar-refractivity contribution in [2.45, 2.75) is 37.8 Å². The Kier molecular flexibility index (Phi) is 5.42. The Hall–Kier alpha value is -3.43. The number of phenolic OH excluding ortho intramolecular Hbond substituents is 1. The maximum atomic E-state index is 13.8. The number of allylic oxidation sites excluding steroid dienone is 4. The molecule has 1 aromatic rings. The van der Waals surface area contributed by atoms with Crippen LogP contribution >= 0.6 is 0 Å². The SMILES string of the molecule is CC1=CC=C(c2ccc(O)c3c2C[C@H]2C[C@H]4[C@H](N(C)C)C(=O)C(C(N)=O)C(=O)[C@@]4(O)C(=O)C2C3=O)C1. The number of carbonyl (C=O) groups is 5. The third kappa shape index (κ3) is 3.12. The number of amides is 1. The summed E-state index contributed by atoms with van der Waals surface area (Å²) < 4.78 is 0. The fourth-order valence-corrected chi connectivity index (χ4v) is 6.75. The van der Waals surface area contributed by atoms with Crippen molar-refractivity contribution in [1.29, 1.82) is 0 Å². The Balaban J connectivity index is 1.64. The highest BCUT2D eigenvalue weighted by atomic mass is 16.3. The zero-order chi connectivity index (χ0) is 26.3. The summed E-state index contributed by atoms with van der Waals surface area (Å²) in [7, 11) is 3.12. The number of phenols is 1. The number of aliphatic hydroxyl groups is 1. The molecule has 4 aliphatic carbocycles. The normalized spacial score (nSPS) is 33.6. The second kappa shape index (κ2) is 8.04. The van der Waals surface area contributed by atoms with Crippen LogP contribution in [0.1, 0.15) is 41.3 Å². The number of aromatic hydroxyl groups is 1. The van der Waals surface area contributed by atoms with E-state index in [9.17, 15) is 34.2 Å². The maximum Gasteiger partial charge on any atom is 0.235 e. The second-order valence-corrected chi connectivity index (χ2v) is 10.7. The molecule has 0 heterocycles. The average molecular weight is 493 g/mol. The van der Waals surface area contributed by atoms with Gasteiger partial charge in [-0.2, -0.15) is 0 Å². The van der Waals surface area contributed by atoms with Crippen LogP contribution in [-0.4, -0.2) is 69.9 Å². The third-order valence-electron chi connectivity index (χ3n) is 8.33. The zero-order valence-electron chi connectivity index (χ0n) is 20.3. The van der Waals surface area contributed by atoms with Crippen LogP contribution < -0.4 is 5.73 Å². The lowest BCUT2D eigenvalue weighted by molar-refractivity contribution is -0.181. The van der Waals surface area contributed by atoms with E-state index in [4.69, 9.17) is 5.73 Å². The molecule has 0 aromatic heterocycles. The van der Waals surface area contributed by atoms with E-state index in [1.165, 1.54) is 11.0 Å². The fraction of sp³-hybridized carbons (Fsp3) is 0.444. The number of nitrogens with zero attached hydrogens (tertiary/aromatic N) is 1. The Morgan fingerprint density at radius 3 is 2.39 bits per heavy atom. The average Bonchev–Trinajstić information content (AvgIpc) is 3.22. The van der Waals surface area contributed by atoms with Crippen molar-refractivity contribution >= 4 is 34.6 Å². The zero-order valence-corrected chi connectivity index (χ0v) is 20.3. The summed E-state index contributed by atoms with van der Waals surface area (Å²) in [6.45, 7) is 2.00. The molecular formula is C27H28N2O7. The minimum Gasteiger partial charge on any atom is -0.507 e. The minimum atomic E-state index is -2.71. The van der Waals surface area contributed by atoms with Gasteiger partial charge in [0.15, 0.2) is 34.7 Å². The summed E-state index contributed by atoms with van der Waals surface area (Å²) in [5, 5.41) is 22.2. The van der Waals surface area contributed by atoms with Gasteiger partial charge in [0.05, 0.1) is 17.5 Å². The lowest BCUT2D eigenvalue weighted by Gasteiger charge is -2.52. The molecule has 2 fully saturated rings. The largest absolute Gasteiger partial charge is 0.507 e. The predicted octanol–water partition coefficient (Wildman–Crippen LogP) is 0.600. The molecule has 4 N–H and O–H groups in total. The number of benzene rings is 1. The van der Waals surface area contributed by atoms with E-state index in [-0.39, 0.29) is 24.2 Å². The van der Waals surface area contributed by atoms with Crippen LogP contribution in [0.2, 0.25) is 0 Å². The molecule has 188 valence electrons. The van der Waals surface area contributed by atoms with E-state index in [0.717, 1.165) is 16.7 Å². The highest BCUT2D eigenvalue weighted by Crippen LogP contribution is 2.51. The van der Waals surface area contributed by atoms with E-state index in [1.54, 1.807) is 20.2 Å². The van der Waals surface area contributed by atoms with Crippen molar-refractivity contribution in [2.75, 3.05) is 14.1 Å². The molecule has 6 atom stereocenters. The molecule has 9 nitrogen and oxygen atoms in total. The number of hydrogen-bond donors (Lipinski definition) is 3. The maximum absolute atomic E-state index is 13.8. The first-order chi connectivity index (χ1) is 16.9. The Morgan fingerprint density at radius 1 is 1.11 bits per heavy atom. The van der Waals surface area contributed by atoms with Gasteiger partial charge in [0.1, 0.15) is 5.75 Å². The van der Waals surface area contributed by atoms with Gasteiger partial charge in [-0.3, -0.25) is 28.9 Å². The molecule has 0 saturated heterocycles. The van der Waals surface area contributed by atoms with Crippen LogP contribution in [0.5, 0.6) is 5.75 Å². The third-order valence-corrected chi connectivity index (χ3v) is 8.33. The van der Waals surface area contributed by atoms with Crippen molar-refractivity contribution in [2.24, 2.45) is 29.4 Å². The fourth-order valence-electron chi connectivity index (χ4n) is 6.75. The molecule has 0 spiro atoms. The first-order valence-electron chi connectivity index (χ1n) is 12.0. The summed E-state index contributed by atoms with van der Waals surface area (Å²) in [6.07, 6.45) is 4.94. The molecule has 4 aliphatic rings. The molecular weight excluding hydrogens is 464 g/mol. The van der Waals surface area contributed by atoms with Gasteiger partial charge in [0, 0.05) is 5.92 Å². The number of nitrogens with two attached hydrogens (primary N) is 1. The number of rotatable bonds is 3. The first kappa shape index (κ1) is 24.3. The molecule has 0 bridgehead atoms. The van der Waals surface area contributed by atoms with Crippen LogP contribution in [0.3, 0.4) is 0 Å². The molecule has 1 amide bonds. The van der Waals surface area contributed by atoms with E-state index in [1.807, 2.05) is 19.1 Å². The summed E-state index contributed by atoms with van der Waals surface area (Å²) in [6, 6.07) is 2.07. The van der Waals surface area contributed by atoms with E-state index in [0.29, 0.717) is 12.0 Å².